The summed E-state index contributed by atoms with van der Waals surface area (Å²) in [6, 6.07) is 5.51. The number of nitrogens with two attached hydrogens (primary N) is 1. The van der Waals surface area contributed by atoms with Gasteiger partial charge in [0.25, 0.3) is 0 Å². The zero-order valence-electron chi connectivity index (χ0n) is 13.6. The third kappa shape index (κ3) is 2.16. The third-order valence-electron chi connectivity index (χ3n) is 4.51. The van der Waals surface area contributed by atoms with Gasteiger partial charge in [0.05, 0.1) is 30.5 Å². The second-order valence-electron chi connectivity index (χ2n) is 6.05. The van der Waals surface area contributed by atoms with Gasteiger partial charge in [-0.25, -0.2) is 9.97 Å². The lowest BCUT2D eigenvalue weighted by Crippen LogP contribution is -2.34. The van der Waals surface area contributed by atoms with E-state index in [1.807, 2.05) is 25.4 Å². The fraction of sp³-hybridized carbons (Fsp3) is 0.250. The highest BCUT2D eigenvalue weighted by atomic mass is 16.3. The van der Waals surface area contributed by atoms with Crippen molar-refractivity contribution in [3.63, 3.8) is 0 Å². The second kappa shape index (κ2) is 5.07. The molecule has 2 N–H and O–H groups in total. The predicted octanol–water partition coefficient (Wildman–Crippen LogP) is 1.49. The Labute approximate surface area is 142 Å². The molecular weight excluding hydrogens is 320 g/mol. The van der Waals surface area contributed by atoms with E-state index in [1.165, 1.54) is 10.2 Å². The van der Waals surface area contributed by atoms with Crippen molar-refractivity contribution in [3.8, 4) is 11.6 Å². The summed E-state index contributed by atoms with van der Waals surface area (Å²) in [5.74, 6) is 2.18. The molecular formula is C16H16N8O. The fourth-order valence-corrected chi connectivity index (χ4v) is 3.16. The van der Waals surface area contributed by atoms with E-state index in [4.69, 9.17) is 10.2 Å². The van der Waals surface area contributed by atoms with Crippen molar-refractivity contribution in [3.05, 3.63) is 42.2 Å². The largest absolute Gasteiger partial charge is 0.461 e. The smallest absolute Gasteiger partial charge is 0.225 e. The molecule has 0 saturated carbocycles. The lowest BCUT2D eigenvalue weighted by atomic mass is 10.2. The van der Waals surface area contributed by atoms with Crippen LogP contribution in [-0.2, 0) is 13.1 Å². The van der Waals surface area contributed by atoms with Gasteiger partial charge >= 0.3 is 0 Å². The molecule has 126 valence electrons. The molecule has 1 aliphatic heterocycles. The van der Waals surface area contributed by atoms with Crippen molar-refractivity contribution in [2.45, 2.75) is 20.0 Å². The molecule has 1 aliphatic rings. The van der Waals surface area contributed by atoms with Crippen LogP contribution in [0.3, 0.4) is 0 Å². The molecule has 4 aromatic heterocycles. The van der Waals surface area contributed by atoms with Gasteiger partial charge in [0.2, 0.25) is 11.8 Å². The molecule has 0 atom stereocenters. The molecule has 0 amide bonds. The third-order valence-corrected chi connectivity index (χ3v) is 4.51. The molecule has 0 spiro atoms. The number of hydrogen-bond acceptors (Lipinski definition) is 7. The molecule has 0 saturated heterocycles. The van der Waals surface area contributed by atoms with E-state index in [0.717, 1.165) is 31.1 Å². The summed E-state index contributed by atoms with van der Waals surface area (Å²) in [5.41, 5.74) is 8.99. The Morgan fingerprint density at radius 3 is 3.00 bits per heavy atom. The molecule has 0 fully saturated rings. The molecule has 9 heteroatoms. The number of fused-ring (bicyclic) bond motifs is 2. The summed E-state index contributed by atoms with van der Waals surface area (Å²) in [7, 11) is 0. The zero-order valence-corrected chi connectivity index (χ0v) is 13.6. The number of nitrogen functional groups attached to an aromatic ring is 1. The normalized spacial score (nSPS) is 14.2. The standard InChI is InChI=1S/C16H16N8O/c1-10-11-8-22(4-5-23(11)9-18-10)13-7-14-19-15(12-3-2-6-25-12)21-24(14)16(17)20-13/h2-3,6-7,9H,4-5,8H2,1H3,(H2,17,20). The monoisotopic (exact) mass is 336 g/mol. The molecule has 9 nitrogen and oxygen atoms in total. The van der Waals surface area contributed by atoms with Crippen LogP contribution in [0.2, 0.25) is 0 Å². The second-order valence-corrected chi connectivity index (χ2v) is 6.05. The number of nitrogens with zero attached hydrogens (tertiary/aromatic N) is 7. The van der Waals surface area contributed by atoms with Gasteiger partial charge in [0.15, 0.2) is 11.4 Å². The number of imidazole rings is 1. The quantitative estimate of drug-likeness (QED) is 0.591. The number of hydrogen-bond donors (Lipinski definition) is 1. The van der Waals surface area contributed by atoms with Crippen molar-refractivity contribution in [2.75, 3.05) is 17.2 Å². The Hall–Kier alpha value is -3.36. The summed E-state index contributed by atoms with van der Waals surface area (Å²) in [5, 5.41) is 4.37. The lowest BCUT2D eigenvalue weighted by molar-refractivity contribution is 0.565. The van der Waals surface area contributed by atoms with Crippen LogP contribution in [-0.4, -0.2) is 35.7 Å². The first-order valence-corrected chi connectivity index (χ1v) is 8.02. The summed E-state index contributed by atoms with van der Waals surface area (Å²) >= 11 is 0. The zero-order chi connectivity index (χ0) is 17.0. The maximum absolute atomic E-state index is 6.11. The summed E-state index contributed by atoms with van der Waals surface area (Å²) in [4.78, 5) is 15.6. The van der Waals surface area contributed by atoms with Crippen LogP contribution in [0.4, 0.5) is 11.8 Å². The molecule has 25 heavy (non-hydrogen) atoms. The van der Waals surface area contributed by atoms with Gasteiger partial charge in [-0.2, -0.15) is 9.50 Å². The Bertz CT molecular complexity index is 1060. The highest BCUT2D eigenvalue weighted by molar-refractivity contribution is 5.59. The van der Waals surface area contributed by atoms with Crippen LogP contribution in [0, 0.1) is 6.92 Å². The molecule has 0 aliphatic carbocycles. The first-order valence-electron chi connectivity index (χ1n) is 8.02. The van der Waals surface area contributed by atoms with Gasteiger partial charge in [-0.15, -0.1) is 5.10 Å². The van der Waals surface area contributed by atoms with Gasteiger partial charge < -0.3 is 19.6 Å². The molecule has 0 aromatic carbocycles. The molecule has 5 heterocycles. The topological polar surface area (TPSA) is 103 Å². The first-order chi connectivity index (χ1) is 12.2. The Balaban J connectivity index is 1.55. The molecule has 0 unspecified atom stereocenters. The number of aryl methyl sites for hydroxylation is 1. The van der Waals surface area contributed by atoms with E-state index in [-0.39, 0.29) is 0 Å². The van der Waals surface area contributed by atoms with Gasteiger partial charge in [-0.3, -0.25) is 0 Å². The summed E-state index contributed by atoms with van der Waals surface area (Å²) in [6.45, 7) is 4.47. The predicted molar refractivity (Wildman–Crippen MR) is 90.9 cm³/mol. The fourth-order valence-electron chi connectivity index (χ4n) is 3.16. The Morgan fingerprint density at radius 1 is 1.24 bits per heavy atom. The van der Waals surface area contributed by atoms with Crippen LogP contribution in [0.15, 0.2) is 35.2 Å². The van der Waals surface area contributed by atoms with Crippen LogP contribution in [0.1, 0.15) is 11.4 Å². The minimum atomic E-state index is 0.300. The Morgan fingerprint density at radius 2 is 2.16 bits per heavy atom. The van der Waals surface area contributed by atoms with Crippen molar-refractivity contribution in [2.24, 2.45) is 0 Å². The van der Waals surface area contributed by atoms with E-state index in [1.54, 1.807) is 12.3 Å². The maximum Gasteiger partial charge on any atom is 0.225 e. The summed E-state index contributed by atoms with van der Waals surface area (Å²) in [6.07, 6.45) is 3.48. The average Bonchev–Trinajstić information content (AvgIpc) is 3.34. The molecule has 0 radical (unpaired) electrons. The Kier molecular flexibility index (Phi) is 2.84. The van der Waals surface area contributed by atoms with Crippen molar-refractivity contribution in [1.82, 2.24) is 29.1 Å². The molecule has 4 aromatic rings. The average molecular weight is 336 g/mol. The molecule has 0 bridgehead atoms. The van der Waals surface area contributed by atoms with Gasteiger partial charge in [0.1, 0.15) is 5.82 Å². The lowest BCUT2D eigenvalue weighted by Gasteiger charge is -2.29. The summed E-state index contributed by atoms with van der Waals surface area (Å²) < 4.78 is 9.07. The van der Waals surface area contributed by atoms with Gasteiger partial charge in [-0.05, 0) is 19.1 Å². The number of anilines is 2. The minimum absolute atomic E-state index is 0.300. The van der Waals surface area contributed by atoms with E-state index >= 15 is 0 Å². The van der Waals surface area contributed by atoms with Crippen LogP contribution >= 0.6 is 0 Å². The first kappa shape index (κ1) is 14.0. The van der Waals surface area contributed by atoms with Crippen LogP contribution in [0.5, 0.6) is 0 Å². The van der Waals surface area contributed by atoms with E-state index in [0.29, 0.717) is 23.2 Å². The van der Waals surface area contributed by atoms with Gasteiger partial charge in [-0.1, -0.05) is 0 Å². The van der Waals surface area contributed by atoms with E-state index in [9.17, 15) is 0 Å². The van der Waals surface area contributed by atoms with E-state index < -0.39 is 0 Å². The number of furan rings is 1. The van der Waals surface area contributed by atoms with Crippen LogP contribution < -0.4 is 10.6 Å². The number of rotatable bonds is 2. The van der Waals surface area contributed by atoms with Crippen molar-refractivity contribution < 1.29 is 4.42 Å². The SMILES string of the molecule is Cc1ncn2c1CN(c1cc3nc(-c4ccco4)nn3c(N)n1)CC2. The number of aromatic nitrogens is 6. The van der Waals surface area contributed by atoms with Gasteiger partial charge in [0, 0.05) is 19.2 Å². The van der Waals surface area contributed by atoms with Crippen molar-refractivity contribution >= 4 is 17.4 Å². The minimum Gasteiger partial charge on any atom is -0.461 e. The maximum atomic E-state index is 6.11. The van der Waals surface area contributed by atoms with Crippen molar-refractivity contribution in [1.29, 1.82) is 0 Å². The molecule has 5 rings (SSSR count). The highest BCUT2D eigenvalue weighted by Crippen LogP contribution is 2.24. The van der Waals surface area contributed by atoms with Crippen LogP contribution in [0.25, 0.3) is 17.2 Å². The van der Waals surface area contributed by atoms with E-state index in [2.05, 4.69) is 29.5 Å². The highest BCUT2D eigenvalue weighted by Gasteiger charge is 2.21.